The van der Waals surface area contributed by atoms with Crippen LogP contribution in [0.2, 0.25) is 0 Å². The van der Waals surface area contributed by atoms with Crippen molar-refractivity contribution in [1.29, 1.82) is 0 Å². The van der Waals surface area contributed by atoms with Gasteiger partial charge in [-0.2, -0.15) is 0 Å². The number of nitrogens with zero attached hydrogens (tertiary/aromatic N) is 2. The predicted octanol–water partition coefficient (Wildman–Crippen LogP) is 3.46. The lowest BCUT2D eigenvalue weighted by atomic mass is 9.99. The highest BCUT2D eigenvalue weighted by Crippen LogP contribution is 2.16. The molecule has 2 N–H and O–H groups in total. The number of unbranched alkanes of at least 4 members (excludes halogenated alkanes) is 6. The number of aliphatic hydroxyl groups excluding tert-OH is 2. The van der Waals surface area contributed by atoms with Crippen LogP contribution in [0.25, 0.3) is 0 Å². The molecule has 9 heteroatoms. The van der Waals surface area contributed by atoms with Gasteiger partial charge < -0.3 is 15.0 Å². The molecule has 9 nitrogen and oxygen atoms in total. The number of aliphatic hydroxyl groups is 2. The van der Waals surface area contributed by atoms with Gasteiger partial charge in [0.2, 0.25) is 12.1 Å². The van der Waals surface area contributed by atoms with Crippen molar-refractivity contribution < 1.29 is 24.9 Å². The highest BCUT2D eigenvalue weighted by Gasteiger charge is 2.29. The van der Waals surface area contributed by atoms with Crippen LogP contribution in [-0.2, 0) is 4.79 Å². The first kappa shape index (κ1) is 27.1. The van der Waals surface area contributed by atoms with Gasteiger partial charge in [0.15, 0.2) is 0 Å². The molecule has 0 aromatic carbocycles. The first-order valence-corrected chi connectivity index (χ1v) is 10.6. The molecule has 0 aromatic heterocycles. The number of hydrogen-bond donors (Lipinski definition) is 2. The predicted molar refractivity (Wildman–Crippen MR) is 110 cm³/mol. The Morgan fingerprint density at radius 1 is 0.793 bits per heavy atom. The van der Waals surface area contributed by atoms with Crippen molar-refractivity contribution in [3.63, 3.8) is 0 Å². The van der Waals surface area contributed by atoms with Gasteiger partial charge in [-0.15, -0.1) is 0 Å². The average molecular weight is 417 g/mol. The molecule has 0 aliphatic heterocycles. The molecule has 168 valence electrons. The fourth-order valence-electron chi connectivity index (χ4n) is 3.17. The molecule has 0 aliphatic rings. The van der Waals surface area contributed by atoms with Gasteiger partial charge in [-0.05, 0) is 19.3 Å². The molecular formula is C20H36N2O7. The van der Waals surface area contributed by atoms with Crippen molar-refractivity contribution in [2.24, 2.45) is 0 Å². The summed E-state index contributed by atoms with van der Waals surface area (Å²) in [5.41, 5.74) is 0. The summed E-state index contributed by atoms with van der Waals surface area (Å²) >= 11 is 0. The van der Waals surface area contributed by atoms with E-state index in [9.17, 15) is 35.2 Å². The van der Waals surface area contributed by atoms with Gasteiger partial charge in [0.1, 0.15) is 18.5 Å². The van der Waals surface area contributed by atoms with Crippen LogP contribution in [0.5, 0.6) is 0 Å². The van der Waals surface area contributed by atoms with E-state index >= 15 is 0 Å². The first-order chi connectivity index (χ1) is 13.8. The molecule has 0 spiro atoms. The summed E-state index contributed by atoms with van der Waals surface area (Å²) in [7, 11) is 0. The van der Waals surface area contributed by atoms with Gasteiger partial charge in [0.05, 0.1) is 0 Å². The Morgan fingerprint density at radius 2 is 1.24 bits per heavy atom. The smallest absolute Gasteiger partial charge is 0.241 e. The summed E-state index contributed by atoms with van der Waals surface area (Å²) in [4.78, 5) is 31.6. The second-order valence-corrected chi connectivity index (χ2v) is 7.44. The van der Waals surface area contributed by atoms with E-state index in [1.54, 1.807) is 0 Å². The minimum Gasteiger partial charge on any atom is -0.386 e. The Kier molecular flexibility index (Phi) is 15.9. The van der Waals surface area contributed by atoms with E-state index in [0.717, 1.165) is 32.1 Å². The maximum atomic E-state index is 11.2. The van der Waals surface area contributed by atoms with Crippen molar-refractivity contribution in [3.05, 3.63) is 32.4 Å². The van der Waals surface area contributed by atoms with Crippen LogP contribution < -0.4 is 0 Å². The Labute approximate surface area is 172 Å². The zero-order valence-corrected chi connectivity index (χ0v) is 17.4. The van der Waals surface area contributed by atoms with Crippen LogP contribution in [-0.4, -0.2) is 50.6 Å². The average Bonchev–Trinajstić information content (AvgIpc) is 2.66. The number of carbonyl (C=O) groups is 1. The Balaban J connectivity index is 4.46. The van der Waals surface area contributed by atoms with E-state index < -0.39 is 34.1 Å². The van der Waals surface area contributed by atoms with E-state index in [4.69, 9.17) is 0 Å². The second-order valence-electron chi connectivity index (χ2n) is 7.44. The molecular weight excluding hydrogens is 380 g/mol. The molecule has 29 heavy (non-hydrogen) atoms. The van der Waals surface area contributed by atoms with Gasteiger partial charge in [0, 0.05) is 29.1 Å². The lowest BCUT2D eigenvalue weighted by molar-refractivity contribution is -0.534. The van der Waals surface area contributed by atoms with Gasteiger partial charge in [-0.1, -0.05) is 57.6 Å². The minimum absolute atomic E-state index is 0.0182. The van der Waals surface area contributed by atoms with Crippen LogP contribution >= 0.6 is 0 Å². The van der Waals surface area contributed by atoms with Crippen LogP contribution in [0.15, 0.2) is 12.2 Å². The fourth-order valence-corrected chi connectivity index (χ4v) is 3.17. The molecule has 0 aliphatic carbocycles. The fraction of sp³-hybridized carbons (Fsp3) is 0.850. The van der Waals surface area contributed by atoms with E-state index in [1.165, 1.54) is 18.6 Å². The molecule has 0 rings (SSSR count). The standard InChI is InChI=1S/C20H36N2O7/c1-2-3-4-5-6-7-14-19(24)17(21(26)27)12-8-9-13-18(22(28)29)20(25)15-10-11-16-23/h8-9,16-20,24-25H,2-7,10-15H2,1H3/b9-8-. The molecule has 0 saturated carbocycles. The third kappa shape index (κ3) is 13.1. The van der Waals surface area contributed by atoms with Gasteiger partial charge in [0.25, 0.3) is 0 Å². The van der Waals surface area contributed by atoms with E-state index in [2.05, 4.69) is 6.92 Å². The lowest BCUT2D eigenvalue weighted by Gasteiger charge is -2.15. The summed E-state index contributed by atoms with van der Waals surface area (Å²) in [5.74, 6) is 0. The number of carbonyl (C=O) groups excluding carboxylic acids is 1. The number of rotatable bonds is 19. The minimum atomic E-state index is -1.22. The maximum Gasteiger partial charge on any atom is 0.241 e. The normalized spacial score (nSPS) is 15.7. The second kappa shape index (κ2) is 17.0. The highest BCUT2D eigenvalue weighted by molar-refractivity contribution is 5.48. The Morgan fingerprint density at radius 3 is 1.69 bits per heavy atom. The topological polar surface area (TPSA) is 144 Å². The summed E-state index contributed by atoms with van der Waals surface area (Å²) in [5, 5.41) is 42.4. The van der Waals surface area contributed by atoms with E-state index in [-0.39, 0.29) is 25.7 Å². The lowest BCUT2D eigenvalue weighted by Crippen LogP contribution is -2.34. The third-order valence-electron chi connectivity index (χ3n) is 5.03. The Bertz CT molecular complexity index is 499. The third-order valence-corrected chi connectivity index (χ3v) is 5.03. The largest absolute Gasteiger partial charge is 0.386 e. The van der Waals surface area contributed by atoms with Gasteiger partial charge >= 0.3 is 0 Å². The summed E-state index contributed by atoms with van der Waals surface area (Å²) in [6.45, 7) is 2.13. The van der Waals surface area contributed by atoms with Crippen molar-refractivity contribution in [3.8, 4) is 0 Å². The summed E-state index contributed by atoms with van der Waals surface area (Å²) < 4.78 is 0. The first-order valence-electron chi connectivity index (χ1n) is 10.6. The number of hydrogen-bond acceptors (Lipinski definition) is 7. The molecule has 4 unspecified atom stereocenters. The van der Waals surface area contributed by atoms with Crippen molar-refractivity contribution in [2.75, 3.05) is 0 Å². The number of nitro groups is 2. The van der Waals surface area contributed by atoms with Crippen LogP contribution in [0.3, 0.4) is 0 Å². The van der Waals surface area contributed by atoms with Gasteiger partial charge in [-0.3, -0.25) is 20.2 Å². The van der Waals surface area contributed by atoms with Crippen LogP contribution in [0.1, 0.15) is 84.0 Å². The van der Waals surface area contributed by atoms with Crippen LogP contribution in [0.4, 0.5) is 0 Å². The zero-order valence-electron chi connectivity index (χ0n) is 17.4. The molecule has 0 aromatic rings. The van der Waals surface area contributed by atoms with Crippen molar-refractivity contribution in [2.45, 2.75) is 108 Å². The summed E-state index contributed by atoms with van der Waals surface area (Å²) in [6, 6.07) is -2.37. The van der Waals surface area contributed by atoms with Crippen molar-refractivity contribution >= 4 is 6.29 Å². The van der Waals surface area contributed by atoms with E-state index in [1.807, 2.05) is 0 Å². The Hall–Kier alpha value is -1.87. The van der Waals surface area contributed by atoms with Crippen molar-refractivity contribution in [1.82, 2.24) is 0 Å². The quantitative estimate of drug-likeness (QED) is 0.108. The molecule has 0 saturated heterocycles. The molecule has 0 amide bonds. The molecule has 0 bridgehead atoms. The molecule has 0 radical (unpaired) electrons. The molecule has 4 atom stereocenters. The zero-order chi connectivity index (χ0) is 22.1. The SMILES string of the molecule is CCCCCCCCC(O)C(C/C=C\CC(C(O)CCCC=O)[N+](=O)[O-])[N+](=O)[O-]. The van der Waals surface area contributed by atoms with Gasteiger partial charge in [-0.25, -0.2) is 0 Å². The van der Waals surface area contributed by atoms with E-state index in [0.29, 0.717) is 19.1 Å². The molecule has 0 heterocycles. The monoisotopic (exact) mass is 416 g/mol. The molecule has 0 fully saturated rings. The number of aldehydes is 1. The maximum absolute atomic E-state index is 11.2. The highest BCUT2D eigenvalue weighted by atomic mass is 16.6. The van der Waals surface area contributed by atoms with Crippen LogP contribution in [0, 0.1) is 20.2 Å². The summed E-state index contributed by atoms with van der Waals surface area (Å²) in [6.07, 6.45) is 8.57.